The highest BCUT2D eigenvalue weighted by Gasteiger charge is 2.04. The van der Waals surface area contributed by atoms with Crippen molar-refractivity contribution in [1.82, 2.24) is 10.2 Å². The van der Waals surface area contributed by atoms with Crippen LogP contribution in [0, 0.1) is 6.92 Å². The van der Waals surface area contributed by atoms with Gasteiger partial charge in [-0.1, -0.05) is 6.08 Å². The van der Waals surface area contributed by atoms with Gasteiger partial charge in [0.25, 0.3) is 0 Å². The van der Waals surface area contributed by atoms with Crippen molar-refractivity contribution in [2.45, 2.75) is 20.3 Å². The minimum Gasteiger partial charge on any atom is -0.159 e. The highest BCUT2D eigenvalue weighted by atomic mass is 15.2. The SMILES string of the molecule is CC1=NN=C(c2ccc(C)nn2)C=CC1. The van der Waals surface area contributed by atoms with Crippen LogP contribution in [0.25, 0.3) is 0 Å². The summed E-state index contributed by atoms with van der Waals surface area (Å²) >= 11 is 0. The largest absolute Gasteiger partial charge is 0.159 e. The molecule has 0 saturated heterocycles. The lowest BCUT2D eigenvalue weighted by Crippen LogP contribution is -2.01. The molecule has 0 amide bonds. The van der Waals surface area contributed by atoms with Crippen LogP contribution in [0.15, 0.2) is 34.5 Å². The summed E-state index contributed by atoms with van der Waals surface area (Å²) in [6, 6.07) is 3.82. The topological polar surface area (TPSA) is 50.5 Å². The summed E-state index contributed by atoms with van der Waals surface area (Å²) in [7, 11) is 0. The molecule has 0 N–H and O–H groups in total. The summed E-state index contributed by atoms with van der Waals surface area (Å²) in [5, 5.41) is 16.3. The molecule has 76 valence electrons. The van der Waals surface area contributed by atoms with Crippen LogP contribution >= 0.6 is 0 Å². The molecule has 0 radical (unpaired) electrons. The normalized spacial score (nSPS) is 15.6. The van der Waals surface area contributed by atoms with E-state index in [0.717, 1.165) is 29.2 Å². The van der Waals surface area contributed by atoms with Gasteiger partial charge in [-0.2, -0.15) is 10.2 Å². The zero-order chi connectivity index (χ0) is 10.7. The molecule has 4 nitrogen and oxygen atoms in total. The predicted molar refractivity (Wildman–Crippen MR) is 60.2 cm³/mol. The third-order valence-electron chi connectivity index (χ3n) is 2.08. The van der Waals surface area contributed by atoms with Gasteiger partial charge in [0, 0.05) is 12.1 Å². The Balaban J connectivity index is 2.35. The molecule has 1 aliphatic heterocycles. The summed E-state index contributed by atoms with van der Waals surface area (Å²) in [5.74, 6) is 0. The van der Waals surface area contributed by atoms with E-state index in [9.17, 15) is 0 Å². The quantitative estimate of drug-likeness (QED) is 0.695. The van der Waals surface area contributed by atoms with Gasteiger partial charge in [0.2, 0.25) is 0 Å². The summed E-state index contributed by atoms with van der Waals surface area (Å²) in [5.41, 5.74) is 3.42. The smallest absolute Gasteiger partial charge is 0.113 e. The molecule has 0 bridgehead atoms. The molecule has 1 aliphatic rings. The van der Waals surface area contributed by atoms with E-state index in [1.165, 1.54) is 0 Å². The van der Waals surface area contributed by atoms with Crippen LogP contribution in [0.5, 0.6) is 0 Å². The lowest BCUT2D eigenvalue weighted by Gasteiger charge is -1.96. The van der Waals surface area contributed by atoms with E-state index in [-0.39, 0.29) is 0 Å². The van der Waals surface area contributed by atoms with E-state index in [4.69, 9.17) is 0 Å². The van der Waals surface area contributed by atoms with Crippen LogP contribution in [0.4, 0.5) is 0 Å². The van der Waals surface area contributed by atoms with Gasteiger partial charge in [-0.15, -0.1) is 10.2 Å². The first kappa shape index (κ1) is 9.71. The van der Waals surface area contributed by atoms with Gasteiger partial charge in [-0.3, -0.25) is 0 Å². The van der Waals surface area contributed by atoms with E-state index in [0.29, 0.717) is 0 Å². The average molecular weight is 200 g/mol. The Morgan fingerprint density at radius 3 is 2.67 bits per heavy atom. The highest BCUT2D eigenvalue weighted by Crippen LogP contribution is 2.04. The fraction of sp³-hybridized carbons (Fsp3) is 0.273. The summed E-state index contributed by atoms with van der Waals surface area (Å²) in [6.07, 6.45) is 4.80. The van der Waals surface area contributed by atoms with E-state index < -0.39 is 0 Å². The fourth-order valence-electron chi connectivity index (χ4n) is 1.23. The van der Waals surface area contributed by atoms with Crippen molar-refractivity contribution in [1.29, 1.82) is 0 Å². The maximum absolute atomic E-state index is 4.12. The van der Waals surface area contributed by atoms with Crippen molar-refractivity contribution in [3.8, 4) is 0 Å². The second kappa shape index (κ2) is 4.13. The van der Waals surface area contributed by atoms with Gasteiger partial charge in [0.05, 0.1) is 5.69 Å². The molecule has 2 heterocycles. The van der Waals surface area contributed by atoms with Gasteiger partial charge < -0.3 is 0 Å². The molecule has 0 atom stereocenters. The van der Waals surface area contributed by atoms with Crippen molar-refractivity contribution in [3.63, 3.8) is 0 Å². The van der Waals surface area contributed by atoms with Gasteiger partial charge in [0.1, 0.15) is 11.4 Å². The maximum Gasteiger partial charge on any atom is 0.113 e. The molecule has 2 rings (SSSR count). The molecular formula is C11H12N4. The minimum absolute atomic E-state index is 0.760. The molecule has 4 heteroatoms. The van der Waals surface area contributed by atoms with Crippen LogP contribution in [0.3, 0.4) is 0 Å². The third-order valence-corrected chi connectivity index (χ3v) is 2.08. The molecule has 0 unspecified atom stereocenters. The molecule has 1 aromatic rings. The van der Waals surface area contributed by atoms with E-state index >= 15 is 0 Å². The zero-order valence-electron chi connectivity index (χ0n) is 8.81. The third kappa shape index (κ3) is 2.34. The van der Waals surface area contributed by atoms with E-state index in [1.807, 2.05) is 38.1 Å². The first-order chi connectivity index (χ1) is 7.25. The number of rotatable bonds is 1. The Bertz CT molecular complexity index is 440. The number of aryl methyl sites for hydroxylation is 1. The van der Waals surface area contributed by atoms with Gasteiger partial charge >= 0.3 is 0 Å². The van der Waals surface area contributed by atoms with Crippen molar-refractivity contribution in [3.05, 3.63) is 35.7 Å². The van der Waals surface area contributed by atoms with E-state index in [2.05, 4.69) is 20.4 Å². The second-order valence-corrected chi connectivity index (χ2v) is 3.49. The van der Waals surface area contributed by atoms with Crippen LogP contribution in [0.1, 0.15) is 24.7 Å². The van der Waals surface area contributed by atoms with Crippen molar-refractivity contribution in [2.24, 2.45) is 10.2 Å². The molecular weight excluding hydrogens is 188 g/mol. The Morgan fingerprint density at radius 1 is 1.07 bits per heavy atom. The Labute approximate surface area is 88.5 Å². The first-order valence-corrected chi connectivity index (χ1v) is 4.84. The van der Waals surface area contributed by atoms with Crippen LogP contribution in [0.2, 0.25) is 0 Å². The number of hydrogen-bond acceptors (Lipinski definition) is 4. The minimum atomic E-state index is 0.760. The van der Waals surface area contributed by atoms with Crippen molar-refractivity contribution < 1.29 is 0 Å². The summed E-state index contributed by atoms with van der Waals surface area (Å²) < 4.78 is 0. The van der Waals surface area contributed by atoms with Crippen LogP contribution in [-0.2, 0) is 0 Å². The number of allylic oxidation sites excluding steroid dienone is 2. The molecule has 0 fully saturated rings. The lowest BCUT2D eigenvalue weighted by molar-refractivity contribution is 0.968. The molecule has 1 aromatic heterocycles. The average Bonchev–Trinajstić information content (AvgIpc) is 2.44. The molecule has 15 heavy (non-hydrogen) atoms. The number of aromatic nitrogens is 2. The van der Waals surface area contributed by atoms with Gasteiger partial charge in [-0.25, -0.2) is 0 Å². The predicted octanol–water partition coefficient (Wildman–Crippen LogP) is 1.91. The van der Waals surface area contributed by atoms with Crippen molar-refractivity contribution >= 4 is 11.4 Å². The van der Waals surface area contributed by atoms with Gasteiger partial charge in [0.15, 0.2) is 0 Å². The van der Waals surface area contributed by atoms with Crippen LogP contribution in [-0.4, -0.2) is 21.6 Å². The fourth-order valence-corrected chi connectivity index (χ4v) is 1.23. The highest BCUT2D eigenvalue weighted by molar-refractivity contribution is 6.08. The molecule has 0 saturated carbocycles. The molecule has 0 aliphatic carbocycles. The second-order valence-electron chi connectivity index (χ2n) is 3.49. The van der Waals surface area contributed by atoms with Gasteiger partial charge in [-0.05, 0) is 32.1 Å². The van der Waals surface area contributed by atoms with E-state index in [1.54, 1.807) is 0 Å². The Hall–Kier alpha value is -1.84. The monoisotopic (exact) mass is 200 g/mol. The molecule has 0 aromatic carbocycles. The first-order valence-electron chi connectivity index (χ1n) is 4.84. The zero-order valence-corrected chi connectivity index (χ0v) is 8.81. The Morgan fingerprint density at radius 2 is 1.93 bits per heavy atom. The molecule has 0 spiro atoms. The standard InChI is InChI=1S/C11H12N4/c1-8-4-3-5-10(14-12-8)11-7-6-9(2)13-15-11/h3,5-7H,4H2,1-2H3. The summed E-state index contributed by atoms with van der Waals surface area (Å²) in [4.78, 5) is 0. The summed E-state index contributed by atoms with van der Waals surface area (Å²) in [6.45, 7) is 3.86. The lowest BCUT2D eigenvalue weighted by atomic mass is 10.2. The number of hydrogen-bond donors (Lipinski definition) is 0. The van der Waals surface area contributed by atoms with Crippen LogP contribution < -0.4 is 0 Å². The Kier molecular flexibility index (Phi) is 2.67. The maximum atomic E-state index is 4.12. The number of nitrogens with zero attached hydrogens (tertiary/aromatic N) is 4. The van der Waals surface area contributed by atoms with Crippen molar-refractivity contribution in [2.75, 3.05) is 0 Å².